The molecule has 3 aromatic rings. The Morgan fingerprint density at radius 2 is 2.03 bits per heavy atom. The normalized spacial score (nSPS) is 14.0. The minimum absolute atomic E-state index is 0.225. The maximum atomic E-state index is 9.68. The smallest absolute Gasteiger partial charge is 0.154 e. The minimum Gasteiger partial charge on any atom is -0.382 e. The lowest BCUT2D eigenvalue weighted by molar-refractivity contribution is 0.501. The number of hydrogen-bond acceptors (Lipinski definition) is 9. The number of nitriles is 1. The molecular formula is C24H27N9. The number of nitrogens with one attached hydrogen (secondary N) is 1. The maximum absolute atomic E-state index is 9.68. The first-order valence-electron chi connectivity index (χ1n) is 10.9. The Labute approximate surface area is 193 Å². The van der Waals surface area contributed by atoms with Crippen LogP contribution in [0.5, 0.6) is 0 Å². The molecule has 1 saturated heterocycles. The Morgan fingerprint density at radius 1 is 1.24 bits per heavy atom. The van der Waals surface area contributed by atoms with Crippen molar-refractivity contribution in [2.24, 2.45) is 5.73 Å². The van der Waals surface area contributed by atoms with Crippen molar-refractivity contribution in [2.75, 3.05) is 29.0 Å². The summed E-state index contributed by atoms with van der Waals surface area (Å²) in [6, 6.07) is 8.24. The van der Waals surface area contributed by atoms with Gasteiger partial charge in [0, 0.05) is 31.5 Å². The van der Waals surface area contributed by atoms with Crippen molar-refractivity contribution in [2.45, 2.75) is 32.2 Å². The molecule has 0 aliphatic carbocycles. The summed E-state index contributed by atoms with van der Waals surface area (Å²) >= 11 is 0. The van der Waals surface area contributed by atoms with Crippen LogP contribution in [0.3, 0.4) is 0 Å². The van der Waals surface area contributed by atoms with Crippen LogP contribution in [0.2, 0.25) is 0 Å². The molecule has 1 aliphatic heterocycles. The molecule has 4 rings (SSSR count). The van der Waals surface area contributed by atoms with Gasteiger partial charge in [0.25, 0.3) is 0 Å². The van der Waals surface area contributed by atoms with E-state index in [0.29, 0.717) is 40.6 Å². The van der Waals surface area contributed by atoms with Crippen LogP contribution in [0.4, 0.5) is 17.3 Å². The predicted molar refractivity (Wildman–Crippen MR) is 130 cm³/mol. The number of aryl methyl sites for hydroxylation is 1. The zero-order valence-electron chi connectivity index (χ0n) is 18.6. The van der Waals surface area contributed by atoms with Gasteiger partial charge >= 0.3 is 0 Å². The topological polar surface area (TPSA) is 143 Å². The number of aromatic nitrogens is 4. The van der Waals surface area contributed by atoms with Crippen molar-refractivity contribution in [1.29, 1.82) is 5.26 Å². The monoisotopic (exact) mass is 441 g/mol. The second-order valence-corrected chi connectivity index (χ2v) is 7.95. The van der Waals surface area contributed by atoms with Crippen LogP contribution in [0.15, 0.2) is 43.4 Å². The molecule has 0 amide bonds. The molecule has 0 radical (unpaired) electrons. The average Bonchev–Trinajstić information content (AvgIpc) is 2.84. The molecule has 9 nitrogen and oxygen atoms in total. The first kappa shape index (κ1) is 22.2. The number of piperidine rings is 1. The minimum atomic E-state index is 0.225. The van der Waals surface area contributed by atoms with Crippen LogP contribution in [0.25, 0.3) is 17.1 Å². The molecule has 0 spiro atoms. The van der Waals surface area contributed by atoms with Gasteiger partial charge in [-0.25, -0.2) is 15.0 Å². The van der Waals surface area contributed by atoms with Gasteiger partial charge in [0.15, 0.2) is 11.6 Å². The predicted octanol–water partition coefficient (Wildman–Crippen LogP) is 2.96. The standard InChI is InChI=1S/C24H27N9/c1-3-16-6-10-28-22(18(16)13-25)19-14-30-23(27)21(32-19)15(2)31-24-20(5-4-9-29-24)33-11-7-17(26)8-12-33/h4-6,9-10,14,17H,2-3,7-8,11-12,26H2,1H3,(H2,27,30)(H,29,31). The number of pyridine rings is 2. The number of anilines is 3. The highest BCUT2D eigenvalue weighted by Gasteiger charge is 2.21. The van der Waals surface area contributed by atoms with E-state index < -0.39 is 0 Å². The van der Waals surface area contributed by atoms with Crippen LogP contribution < -0.4 is 21.7 Å². The van der Waals surface area contributed by atoms with Crippen LogP contribution in [0.1, 0.15) is 36.6 Å². The van der Waals surface area contributed by atoms with E-state index in [1.165, 1.54) is 6.20 Å². The van der Waals surface area contributed by atoms with E-state index in [-0.39, 0.29) is 11.9 Å². The van der Waals surface area contributed by atoms with E-state index in [0.717, 1.165) is 37.2 Å². The van der Waals surface area contributed by atoms with E-state index in [1.807, 2.05) is 25.1 Å². The van der Waals surface area contributed by atoms with Crippen LogP contribution >= 0.6 is 0 Å². The first-order valence-corrected chi connectivity index (χ1v) is 10.9. The SMILES string of the molecule is C=C(Nc1ncccc1N1CCC(N)CC1)c1nc(-c2nccc(CC)c2C#N)cnc1N. The molecule has 1 aliphatic rings. The Morgan fingerprint density at radius 3 is 2.76 bits per heavy atom. The fourth-order valence-electron chi connectivity index (χ4n) is 3.94. The Balaban J connectivity index is 1.65. The van der Waals surface area contributed by atoms with Crippen LogP contribution in [-0.2, 0) is 6.42 Å². The summed E-state index contributed by atoms with van der Waals surface area (Å²) in [7, 11) is 0. The summed E-state index contributed by atoms with van der Waals surface area (Å²) in [4.78, 5) is 20.1. The maximum Gasteiger partial charge on any atom is 0.154 e. The van der Waals surface area contributed by atoms with Crippen molar-refractivity contribution in [1.82, 2.24) is 19.9 Å². The molecule has 5 N–H and O–H groups in total. The molecule has 0 unspecified atom stereocenters. The number of nitrogens with two attached hydrogens (primary N) is 2. The largest absolute Gasteiger partial charge is 0.382 e. The summed E-state index contributed by atoms with van der Waals surface area (Å²) in [5.74, 6) is 0.885. The zero-order valence-corrected chi connectivity index (χ0v) is 18.6. The average molecular weight is 442 g/mol. The van der Waals surface area contributed by atoms with Gasteiger partial charge in [-0.15, -0.1) is 0 Å². The lowest BCUT2D eigenvalue weighted by Gasteiger charge is -2.33. The Kier molecular flexibility index (Phi) is 6.47. The molecule has 4 heterocycles. The molecule has 33 heavy (non-hydrogen) atoms. The highest BCUT2D eigenvalue weighted by Crippen LogP contribution is 2.30. The van der Waals surface area contributed by atoms with Crippen LogP contribution in [-0.4, -0.2) is 39.1 Å². The van der Waals surface area contributed by atoms with E-state index in [9.17, 15) is 5.26 Å². The van der Waals surface area contributed by atoms with Gasteiger partial charge in [0.2, 0.25) is 0 Å². The molecule has 0 aromatic carbocycles. The molecule has 0 bridgehead atoms. The second-order valence-electron chi connectivity index (χ2n) is 7.95. The molecule has 168 valence electrons. The van der Waals surface area contributed by atoms with Crippen molar-refractivity contribution in [3.63, 3.8) is 0 Å². The van der Waals surface area contributed by atoms with Gasteiger partial charge in [-0.05, 0) is 43.0 Å². The molecule has 3 aromatic heterocycles. The van der Waals surface area contributed by atoms with Gasteiger partial charge < -0.3 is 21.7 Å². The lowest BCUT2D eigenvalue weighted by atomic mass is 10.0. The van der Waals surface area contributed by atoms with E-state index >= 15 is 0 Å². The van der Waals surface area contributed by atoms with Crippen molar-refractivity contribution < 1.29 is 0 Å². The highest BCUT2D eigenvalue weighted by atomic mass is 15.2. The summed E-state index contributed by atoms with van der Waals surface area (Å²) in [5.41, 5.74) is 16.3. The van der Waals surface area contributed by atoms with Gasteiger partial charge in [-0.2, -0.15) is 5.26 Å². The fraction of sp³-hybridized carbons (Fsp3) is 0.292. The fourth-order valence-corrected chi connectivity index (χ4v) is 3.94. The second kappa shape index (κ2) is 9.63. The third kappa shape index (κ3) is 4.61. The number of hydrogen-bond donors (Lipinski definition) is 3. The number of nitrogen functional groups attached to an aromatic ring is 1. The summed E-state index contributed by atoms with van der Waals surface area (Å²) in [5, 5.41) is 12.9. The summed E-state index contributed by atoms with van der Waals surface area (Å²) in [6.07, 6.45) is 7.50. The first-order chi connectivity index (χ1) is 16.0. The Bertz CT molecular complexity index is 1210. The van der Waals surface area contributed by atoms with E-state index in [1.54, 1.807) is 12.4 Å². The molecule has 9 heteroatoms. The summed E-state index contributed by atoms with van der Waals surface area (Å²) in [6.45, 7) is 7.85. The van der Waals surface area contributed by atoms with Crippen LogP contribution in [0, 0.1) is 11.3 Å². The molecular weight excluding hydrogens is 414 g/mol. The Hall–Kier alpha value is -4.03. The van der Waals surface area contributed by atoms with E-state index in [4.69, 9.17) is 11.5 Å². The third-order valence-electron chi connectivity index (χ3n) is 5.80. The lowest BCUT2D eigenvalue weighted by Crippen LogP contribution is -2.40. The summed E-state index contributed by atoms with van der Waals surface area (Å²) < 4.78 is 0. The van der Waals surface area contributed by atoms with Crippen molar-refractivity contribution in [3.8, 4) is 17.5 Å². The van der Waals surface area contributed by atoms with Gasteiger partial charge in [0.05, 0.1) is 23.1 Å². The molecule has 0 atom stereocenters. The van der Waals surface area contributed by atoms with Gasteiger partial charge in [-0.1, -0.05) is 13.5 Å². The zero-order chi connectivity index (χ0) is 23.4. The third-order valence-corrected chi connectivity index (χ3v) is 5.80. The van der Waals surface area contributed by atoms with Crippen molar-refractivity contribution in [3.05, 3.63) is 60.2 Å². The highest BCUT2D eigenvalue weighted by molar-refractivity contribution is 5.82. The quantitative estimate of drug-likeness (QED) is 0.526. The van der Waals surface area contributed by atoms with E-state index in [2.05, 4.69) is 42.8 Å². The molecule has 0 saturated carbocycles. The number of nitrogens with zero attached hydrogens (tertiary/aromatic N) is 6. The number of rotatable bonds is 6. The van der Waals surface area contributed by atoms with Crippen molar-refractivity contribution >= 4 is 23.0 Å². The van der Waals surface area contributed by atoms with Gasteiger partial charge in [-0.3, -0.25) is 4.98 Å². The molecule has 1 fully saturated rings. The van der Waals surface area contributed by atoms with Gasteiger partial charge in [0.1, 0.15) is 23.2 Å².